The van der Waals surface area contributed by atoms with Gasteiger partial charge in [-0.3, -0.25) is 9.89 Å². The summed E-state index contributed by atoms with van der Waals surface area (Å²) in [7, 11) is 6.24. The van der Waals surface area contributed by atoms with Crippen LogP contribution in [-0.2, 0) is 6.42 Å². The number of likely N-dealkylation sites (N-methyl/N-ethyl adjacent to an activating group) is 2. The van der Waals surface area contributed by atoms with Crippen molar-refractivity contribution in [2.24, 2.45) is 10.9 Å². The van der Waals surface area contributed by atoms with Crippen LogP contribution in [0.4, 0.5) is 0 Å². The number of guanidine groups is 1. The smallest absolute Gasteiger partial charge is 0.191 e. The number of rotatable bonds is 6. The molecule has 1 aliphatic heterocycles. The summed E-state index contributed by atoms with van der Waals surface area (Å²) in [5, 5.41) is 7.01. The second-order valence-electron chi connectivity index (χ2n) is 8.06. The Morgan fingerprint density at radius 2 is 1.85 bits per heavy atom. The van der Waals surface area contributed by atoms with Crippen LogP contribution in [0.25, 0.3) is 0 Å². The maximum atomic E-state index is 4.40. The van der Waals surface area contributed by atoms with E-state index in [4.69, 9.17) is 0 Å². The average molecular weight is 360 g/mol. The van der Waals surface area contributed by atoms with Gasteiger partial charge in [-0.1, -0.05) is 38.1 Å². The van der Waals surface area contributed by atoms with Crippen LogP contribution in [0.15, 0.2) is 29.3 Å². The van der Waals surface area contributed by atoms with Crippen molar-refractivity contribution in [3.05, 3.63) is 35.4 Å². The molecule has 1 aromatic rings. The van der Waals surface area contributed by atoms with Crippen LogP contribution in [-0.4, -0.2) is 69.1 Å². The summed E-state index contributed by atoms with van der Waals surface area (Å²) in [6, 6.07) is 9.69. The lowest BCUT2D eigenvalue weighted by Gasteiger charge is -2.38. The van der Waals surface area contributed by atoms with Crippen LogP contribution in [0.5, 0.6) is 0 Å². The predicted octanol–water partition coefficient (Wildman–Crippen LogP) is 2.36. The third-order valence-electron chi connectivity index (χ3n) is 5.19. The lowest BCUT2D eigenvalue weighted by molar-refractivity contribution is 0.116. The molecule has 0 amide bonds. The molecule has 1 aromatic carbocycles. The van der Waals surface area contributed by atoms with E-state index in [1.54, 1.807) is 0 Å². The van der Waals surface area contributed by atoms with Crippen molar-refractivity contribution in [3.8, 4) is 0 Å². The quantitative estimate of drug-likeness (QED) is 0.604. The molecule has 1 aliphatic rings. The van der Waals surface area contributed by atoms with Crippen LogP contribution in [0.3, 0.4) is 0 Å². The van der Waals surface area contributed by atoms with Gasteiger partial charge >= 0.3 is 0 Å². The number of hydrogen-bond donors (Lipinski definition) is 2. The highest BCUT2D eigenvalue weighted by molar-refractivity contribution is 5.80. The molecule has 0 aromatic heterocycles. The molecule has 1 heterocycles. The molecule has 2 N–H and O–H groups in total. The van der Waals surface area contributed by atoms with Gasteiger partial charge in [0.25, 0.3) is 0 Å². The van der Waals surface area contributed by atoms with E-state index in [9.17, 15) is 0 Å². The van der Waals surface area contributed by atoms with E-state index < -0.39 is 0 Å². The average Bonchev–Trinajstić information content (AvgIpc) is 2.61. The van der Waals surface area contributed by atoms with E-state index in [0.29, 0.717) is 12.0 Å². The summed E-state index contributed by atoms with van der Waals surface area (Å²) in [5.74, 6) is 1.56. The molecule has 1 saturated heterocycles. The summed E-state index contributed by atoms with van der Waals surface area (Å²) in [5.41, 5.74) is 2.69. The lowest BCUT2D eigenvalue weighted by Crippen LogP contribution is -2.55. The van der Waals surface area contributed by atoms with Crippen LogP contribution in [0, 0.1) is 5.92 Å². The van der Waals surface area contributed by atoms with Crippen molar-refractivity contribution in [1.82, 2.24) is 20.4 Å². The standard InChI is InChI=1S/C21H37N5/c1-16(2)13-18-7-9-19(10-8-18)17(3)24-21(22-4)23-14-20-15-25(5)11-12-26(20)6/h7-10,16-17,20H,11-15H2,1-6H3,(H2,22,23,24). The molecule has 2 unspecified atom stereocenters. The Balaban J connectivity index is 1.86. The Morgan fingerprint density at radius 1 is 1.15 bits per heavy atom. The van der Waals surface area contributed by atoms with Crippen molar-refractivity contribution in [2.75, 3.05) is 47.3 Å². The van der Waals surface area contributed by atoms with Crippen LogP contribution in [0.2, 0.25) is 0 Å². The van der Waals surface area contributed by atoms with Crippen molar-refractivity contribution < 1.29 is 0 Å². The van der Waals surface area contributed by atoms with Crippen LogP contribution < -0.4 is 10.6 Å². The van der Waals surface area contributed by atoms with E-state index in [1.807, 2.05) is 7.05 Å². The summed E-state index contributed by atoms with van der Waals surface area (Å²) in [6.07, 6.45) is 1.13. The molecule has 0 aliphatic carbocycles. The maximum Gasteiger partial charge on any atom is 0.191 e. The first-order valence-electron chi connectivity index (χ1n) is 9.83. The topological polar surface area (TPSA) is 42.9 Å². The van der Waals surface area contributed by atoms with Gasteiger partial charge in [0.1, 0.15) is 0 Å². The number of benzene rings is 1. The molecule has 5 heteroatoms. The van der Waals surface area contributed by atoms with Crippen molar-refractivity contribution in [2.45, 2.75) is 39.3 Å². The number of piperazine rings is 1. The van der Waals surface area contributed by atoms with E-state index in [-0.39, 0.29) is 6.04 Å². The molecular formula is C21H37N5. The molecule has 5 nitrogen and oxygen atoms in total. The van der Waals surface area contributed by atoms with Gasteiger partial charge in [-0.15, -0.1) is 0 Å². The minimum absolute atomic E-state index is 0.223. The first-order valence-corrected chi connectivity index (χ1v) is 9.83. The molecule has 0 spiro atoms. The Labute approximate surface area is 159 Å². The molecule has 1 fully saturated rings. The second-order valence-corrected chi connectivity index (χ2v) is 8.06. The van der Waals surface area contributed by atoms with Gasteiger partial charge in [0.15, 0.2) is 5.96 Å². The molecule has 0 radical (unpaired) electrons. The zero-order chi connectivity index (χ0) is 19.1. The van der Waals surface area contributed by atoms with Crippen LogP contribution >= 0.6 is 0 Å². The zero-order valence-electron chi connectivity index (χ0n) is 17.4. The Hall–Kier alpha value is -1.59. The lowest BCUT2D eigenvalue weighted by atomic mass is 10.00. The number of aliphatic imine (C=N–C) groups is 1. The molecule has 2 atom stereocenters. The largest absolute Gasteiger partial charge is 0.355 e. The SMILES string of the molecule is CN=C(NCC1CN(C)CCN1C)NC(C)c1ccc(CC(C)C)cc1. The molecule has 0 bridgehead atoms. The van der Waals surface area contributed by atoms with Gasteiger partial charge in [0.2, 0.25) is 0 Å². The Bertz CT molecular complexity index is 566. The first-order chi connectivity index (χ1) is 12.4. The predicted molar refractivity (Wildman–Crippen MR) is 112 cm³/mol. The Kier molecular flexibility index (Phi) is 7.91. The summed E-state index contributed by atoms with van der Waals surface area (Å²) < 4.78 is 0. The van der Waals surface area contributed by atoms with Crippen LogP contribution in [0.1, 0.15) is 37.9 Å². The van der Waals surface area contributed by atoms with E-state index >= 15 is 0 Å². The highest BCUT2D eigenvalue weighted by Gasteiger charge is 2.22. The van der Waals surface area contributed by atoms with E-state index in [0.717, 1.165) is 38.6 Å². The molecular weight excluding hydrogens is 322 g/mol. The van der Waals surface area contributed by atoms with E-state index in [2.05, 4.69) is 84.6 Å². The molecule has 0 saturated carbocycles. The first kappa shape index (κ1) is 20.7. The Morgan fingerprint density at radius 3 is 2.46 bits per heavy atom. The normalized spacial score (nSPS) is 21.0. The molecule has 26 heavy (non-hydrogen) atoms. The number of nitrogens with one attached hydrogen (secondary N) is 2. The summed E-state index contributed by atoms with van der Waals surface area (Å²) in [4.78, 5) is 9.22. The molecule has 146 valence electrons. The third-order valence-corrected chi connectivity index (χ3v) is 5.19. The minimum atomic E-state index is 0.223. The third kappa shape index (κ3) is 6.29. The van der Waals surface area contributed by atoms with Gasteiger partial charge in [-0.25, -0.2) is 0 Å². The number of hydrogen-bond acceptors (Lipinski definition) is 3. The van der Waals surface area contributed by atoms with Gasteiger partial charge in [0, 0.05) is 39.3 Å². The molecule has 2 rings (SSSR count). The highest BCUT2D eigenvalue weighted by atomic mass is 15.3. The highest BCUT2D eigenvalue weighted by Crippen LogP contribution is 2.15. The van der Waals surface area contributed by atoms with Gasteiger partial charge < -0.3 is 15.5 Å². The van der Waals surface area contributed by atoms with E-state index in [1.165, 1.54) is 11.1 Å². The van der Waals surface area contributed by atoms with Crippen molar-refractivity contribution in [1.29, 1.82) is 0 Å². The summed E-state index contributed by atoms with van der Waals surface area (Å²) in [6.45, 7) is 11.0. The van der Waals surface area contributed by atoms with Crippen molar-refractivity contribution >= 4 is 5.96 Å². The fourth-order valence-electron chi connectivity index (χ4n) is 3.43. The minimum Gasteiger partial charge on any atom is -0.355 e. The summed E-state index contributed by atoms with van der Waals surface area (Å²) >= 11 is 0. The maximum absolute atomic E-state index is 4.40. The fourth-order valence-corrected chi connectivity index (χ4v) is 3.43. The second kappa shape index (κ2) is 9.93. The van der Waals surface area contributed by atoms with Gasteiger partial charge in [0.05, 0.1) is 6.04 Å². The monoisotopic (exact) mass is 359 g/mol. The zero-order valence-corrected chi connectivity index (χ0v) is 17.4. The van der Waals surface area contributed by atoms with Crippen molar-refractivity contribution in [3.63, 3.8) is 0 Å². The van der Waals surface area contributed by atoms with Gasteiger partial charge in [-0.05, 0) is 44.5 Å². The van der Waals surface area contributed by atoms with Gasteiger partial charge in [-0.2, -0.15) is 0 Å². The number of nitrogens with zero attached hydrogens (tertiary/aromatic N) is 3. The fraction of sp³-hybridized carbons (Fsp3) is 0.667.